The second kappa shape index (κ2) is 3.82. The van der Waals surface area contributed by atoms with Gasteiger partial charge in [-0.2, -0.15) is 0 Å². The molecule has 2 rings (SSSR count). The van der Waals surface area contributed by atoms with Gasteiger partial charge in [0.25, 0.3) is 0 Å². The molecule has 0 N–H and O–H groups in total. The zero-order chi connectivity index (χ0) is 10.9. The Labute approximate surface area is 91.8 Å². The standard InChI is InChI=1S/C14H18O/c1-4-14(2)10-9-11-7-5-6-8-12(11)13(14)15-3/h4-8,13H,1,9-10H2,2-3H3/t13-,14-/m1/s1. The SMILES string of the molecule is C=C[C@]1(C)CCc2ccccc2[C@H]1OC. The number of methoxy groups -OCH3 is 1. The third-order valence-corrected chi connectivity index (χ3v) is 3.57. The van der Waals surface area contributed by atoms with Gasteiger partial charge in [0.2, 0.25) is 0 Å². The van der Waals surface area contributed by atoms with Crippen molar-refractivity contribution in [2.24, 2.45) is 5.41 Å². The topological polar surface area (TPSA) is 9.23 Å². The van der Waals surface area contributed by atoms with Crippen molar-refractivity contribution < 1.29 is 4.74 Å². The van der Waals surface area contributed by atoms with E-state index in [1.54, 1.807) is 7.11 Å². The zero-order valence-electron chi connectivity index (χ0n) is 9.49. The van der Waals surface area contributed by atoms with Gasteiger partial charge in [0.05, 0.1) is 6.10 Å². The molecule has 2 atom stereocenters. The first-order chi connectivity index (χ1) is 7.21. The number of benzene rings is 1. The number of fused-ring (bicyclic) bond motifs is 1. The van der Waals surface area contributed by atoms with Gasteiger partial charge in [0.15, 0.2) is 0 Å². The molecule has 1 heteroatoms. The highest BCUT2D eigenvalue weighted by Crippen LogP contribution is 2.46. The van der Waals surface area contributed by atoms with E-state index in [1.807, 2.05) is 6.08 Å². The fourth-order valence-corrected chi connectivity index (χ4v) is 2.51. The van der Waals surface area contributed by atoms with Gasteiger partial charge in [-0.05, 0) is 24.0 Å². The Morgan fingerprint density at radius 2 is 2.20 bits per heavy atom. The molecule has 0 saturated heterocycles. The van der Waals surface area contributed by atoms with Crippen LogP contribution in [-0.4, -0.2) is 7.11 Å². The highest BCUT2D eigenvalue weighted by atomic mass is 16.5. The molecule has 0 unspecified atom stereocenters. The molecule has 0 saturated carbocycles. The Kier molecular flexibility index (Phi) is 2.66. The Bertz CT molecular complexity index is 369. The maximum Gasteiger partial charge on any atom is 0.0911 e. The van der Waals surface area contributed by atoms with Crippen LogP contribution in [0.15, 0.2) is 36.9 Å². The van der Waals surface area contributed by atoms with E-state index in [-0.39, 0.29) is 11.5 Å². The number of rotatable bonds is 2. The van der Waals surface area contributed by atoms with Gasteiger partial charge in [0.1, 0.15) is 0 Å². The molecular weight excluding hydrogens is 184 g/mol. The third kappa shape index (κ3) is 1.61. The van der Waals surface area contributed by atoms with E-state index in [0.717, 1.165) is 12.8 Å². The van der Waals surface area contributed by atoms with Crippen LogP contribution in [-0.2, 0) is 11.2 Å². The van der Waals surface area contributed by atoms with Crippen LogP contribution in [0.3, 0.4) is 0 Å². The van der Waals surface area contributed by atoms with Gasteiger partial charge in [0, 0.05) is 12.5 Å². The Morgan fingerprint density at radius 1 is 1.47 bits per heavy atom. The lowest BCUT2D eigenvalue weighted by atomic mass is 9.70. The molecule has 0 aromatic heterocycles. The average Bonchev–Trinajstić information content (AvgIpc) is 2.29. The van der Waals surface area contributed by atoms with Gasteiger partial charge in [-0.15, -0.1) is 6.58 Å². The predicted molar refractivity (Wildman–Crippen MR) is 62.8 cm³/mol. The van der Waals surface area contributed by atoms with Crippen molar-refractivity contribution in [3.63, 3.8) is 0 Å². The second-order valence-electron chi connectivity index (χ2n) is 4.52. The summed E-state index contributed by atoms with van der Waals surface area (Å²) >= 11 is 0. The van der Waals surface area contributed by atoms with Crippen LogP contribution in [0.25, 0.3) is 0 Å². The molecule has 0 bridgehead atoms. The first-order valence-electron chi connectivity index (χ1n) is 5.45. The highest BCUT2D eigenvalue weighted by Gasteiger charge is 2.37. The Balaban J connectivity index is 2.47. The van der Waals surface area contributed by atoms with Crippen molar-refractivity contribution in [3.8, 4) is 0 Å². The monoisotopic (exact) mass is 202 g/mol. The summed E-state index contributed by atoms with van der Waals surface area (Å²) in [6.45, 7) is 6.17. The lowest BCUT2D eigenvalue weighted by Gasteiger charge is -2.39. The van der Waals surface area contributed by atoms with Crippen LogP contribution < -0.4 is 0 Å². The minimum Gasteiger partial charge on any atom is -0.376 e. The van der Waals surface area contributed by atoms with E-state index in [4.69, 9.17) is 4.74 Å². The quantitative estimate of drug-likeness (QED) is 0.667. The maximum absolute atomic E-state index is 5.65. The zero-order valence-corrected chi connectivity index (χ0v) is 9.49. The van der Waals surface area contributed by atoms with Gasteiger partial charge in [-0.1, -0.05) is 37.3 Å². The van der Waals surface area contributed by atoms with Crippen LogP contribution in [0.2, 0.25) is 0 Å². The molecular formula is C14H18O. The summed E-state index contributed by atoms with van der Waals surface area (Å²) in [5.74, 6) is 0. The number of aryl methyl sites for hydroxylation is 1. The second-order valence-corrected chi connectivity index (χ2v) is 4.52. The van der Waals surface area contributed by atoms with Gasteiger partial charge in [-0.25, -0.2) is 0 Å². The van der Waals surface area contributed by atoms with Crippen LogP contribution in [0, 0.1) is 5.41 Å². The fraction of sp³-hybridized carbons (Fsp3) is 0.429. The highest BCUT2D eigenvalue weighted by molar-refractivity contribution is 5.34. The van der Waals surface area contributed by atoms with E-state index >= 15 is 0 Å². The first kappa shape index (κ1) is 10.4. The summed E-state index contributed by atoms with van der Waals surface area (Å²) in [6.07, 6.45) is 4.43. The van der Waals surface area contributed by atoms with Crippen LogP contribution in [0.5, 0.6) is 0 Å². The van der Waals surface area contributed by atoms with Crippen LogP contribution in [0.4, 0.5) is 0 Å². The number of hydrogen-bond donors (Lipinski definition) is 0. The van der Waals surface area contributed by atoms with Crippen LogP contribution >= 0.6 is 0 Å². The summed E-state index contributed by atoms with van der Waals surface area (Å²) in [5.41, 5.74) is 2.82. The summed E-state index contributed by atoms with van der Waals surface area (Å²) in [4.78, 5) is 0. The number of ether oxygens (including phenoxy) is 1. The van der Waals surface area contributed by atoms with E-state index in [9.17, 15) is 0 Å². The molecule has 0 heterocycles. The van der Waals surface area contributed by atoms with E-state index in [0.29, 0.717) is 0 Å². The van der Waals surface area contributed by atoms with E-state index in [1.165, 1.54) is 11.1 Å². The molecule has 0 aliphatic heterocycles. The lowest BCUT2D eigenvalue weighted by Crippen LogP contribution is -2.30. The van der Waals surface area contributed by atoms with E-state index in [2.05, 4.69) is 37.8 Å². The summed E-state index contributed by atoms with van der Waals surface area (Å²) in [7, 11) is 1.79. The van der Waals surface area contributed by atoms with Crippen molar-refractivity contribution in [1.29, 1.82) is 0 Å². The maximum atomic E-state index is 5.65. The van der Waals surface area contributed by atoms with Crippen molar-refractivity contribution in [2.75, 3.05) is 7.11 Å². The average molecular weight is 202 g/mol. The molecule has 0 amide bonds. The molecule has 1 aliphatic rings. The number of hydrogen-bond acceptors (Lipinski definition) is 1. The molecule has 80 valence electrons. The molecule has 0 radical (unpaired) electrons. The smallest absolute Gasteiger partial charge is 0.0911 e. The van der Waals surface area contributed by atoms with E-state index < -0.39 is 0 Å². The minimum atomic E-state index is 0.0725. The summed E-state index contributed by atoms with van der Waals surface area (Å²) < 4.78 is 5.65. The first-order valence-corrected chi connectivity index (χ1v) is 5.45. The Morgan fingerprint density at radius 3 is 2.87 bits per heavy atom. The van der Waals surface area contributed by atoms with Gasteiger partial charge >= 0.3 is 0 Å². The van der Waals surface area contributed by atoms with Crippen molar-refractivity contribution >= 4 is 0 Å². The lowest BCUT2D eigenvalue weighted by molar-refractivity contribution is 0.00952. The third-order valence-electron chi connectivity index (χ3n) is 3.57. The normalized spacial score (nSPS) is 29.6. The molecule has 15 heavy (non-hydrogen) atoms. The molecule has 1 aliphatic carbocycles. The molecule has 1 aromatic rings. The van der Waals surface area contributed by atoms with Crippen molar-refractivity contribution in [1.82, 2.24) is 0 Å². The summed E-state index contributed by atoms with van der Waals surface area (Å²) in [5, 5.41) is 0. The van der Waals surface area contributed by atoms with Gasteiger partial charge in [-0.3, -0.25) is 0 Å². The predicted octanol–water partition coefficient (Wildman–Crippen LogP) is 3.51. The summed E-state index contributed by atoms with van der Waals surface area (Å²) in [6, 6.07) is 8.55. The fourth-order valence-electron chi connectivity index (χ4n) is 2.51. The molecule has 1 nitrogen and oxygen atoms in total. The largest absolute Gasteiger partial charge is 0.376 e. The molecule has 1 aromatic carbocycles. The Hall–Kier alpha value is -1.08. The van der Waals surface area contributed by atoms with Crippen LogP contribution in [0.1, 0.15) is 30.6 Å². The molecule has 0 fully saturated rings. The minimum absolute atomic E-state index is 0.0725. The molecule has 0 spiro atoms. The van der Waals surface area contributed by atoms with Crippen molar-refractivity contribution in [3.05, 3.63) is 48.0 Å². The van der Waals surface area contributed by atoms with Crippen molar-refractivity contribution in [2.45, 2.75) is 25.9 Å². The van der Waals surface area contributed by atoms with Gasteiger partial charge < -0.3 is 4.74 Å².